The number of carbonyl (C=O) groups excluding carboxylic acids is 2. The minimum absolute atomic E-state index is 0.0333. The largest absolute Gasteiger partial charge is 0.474 e. The maximum atomic E-state index is 14.3. The van der Waals surface area contributed by atoms with Gasteiger partial charge in [0.2, 0.25) is 11.8 Å². The van der Waals surface area contributed by atoms with Crippen molar-refractivity contribution in [3.8, 4) is 5.88 Å². The second-order valence-electron chi connectivity index (χ2n) is 13.4. The Balaban J connectivity index is 1.27. The fourth-order valence-electron chi connectivity index (χ4n) is 7.05. The summed E-state index contributed by atoms with van der Waals surface area (Å²) in [4.78, 5) is 39.1. The normalized spacial score (nSPS) is 28.8. The number of hydrogen-bond donors (Lipinski definition) is 2. The summed E-state index contributed by atoms with van der Waals surface area (Å²) in [6, 6.07) is 8.78. The first-order chi connectivity index (χ1) is 22.2. The highest BCUT2D eigenvalue weighted by atomic mass is 19.1. The molecule has 3 saturated heterocycles. The van der Waals surface area contributed by atoms with Crippen molar-refractivity contribution in [1.29, 1.82) is 0 Å². The van der Waals surface area contributed by atoms with Crippen molar-refractivity contribution in [2.45, 2.75) is 76.8 Å². The Morgan fingerprint density at radius 2 is 1.78 bits per heavy atom. The van der Waals surface area contributed by atoms with E-state index in [1.54, 1.807) is 17.0 Å². The number of pyridine rings is 1. The van der Waals surface area contributed by atoms with Crippen LogP contribution in [0.15, 0.2) is 30.3 Å². The molecule has 0 radical (unpaired) electrons. The third kappa shape index (κ3) is 7.36. The molecular weight excluding hydrogens is 591 g/mol. The average Bonchev–Trinajstić information content (AvgIpc) is 3.54. The molecule has 2 amide bonds. The molecule has 5 heterocycles. The van der Waals surface area contributed by atoms with Crippen LogP contribution in [0.1, 0.15) is 55.7 Å². The predicted molar refractivity (Wildman–Crippen MR) is 172 cm³/mol. The van der Waals surface area contributed by atoms with Crippen molar-refractivity contribution in [1.82, 2.24) is 25.4 Å². The van der Waals surface area contributed by atoms with Crippen LogP contribution in [0.25, 0.3) is 0 Å². The van der Waals surface area contributed by atoms with E-state index in [1.807, 2.05) is 13.0 Å². The van der Waals surface area contributed by atoms with E-state index in [2.05, 4.69) is 41.2 Å². The van der Waals surface area contributed by atoms with Gasteiger partial charge in [-0.15, -0.1) is 0 Å². The predicted octanol–water partition coefficient (Wildman–Crippen LogP) is 2.22. The van der Waals surface area contributed by atoms with Crippen molar-refractivity contribution < 1.29 is 28.2 Å². The molecule has 0 spiro atoms. The molecule has 0 saturated carbocycles. The molecule has 2 N–H and O–H groups in total. The molecule has 1 aromatic heterocycles. The molecule has 46 heavy (non-hydrogen) atoms. The van der Waals surface area contributed by atoms with Gasteiger partial charge in [-0.1, -0.05) is 12.1 Å². The highest BCUT2D eigenvalue weighted by Crippen LogP contribution is 2.35. The SMILES string of the molecule is C[C@@H]1CN(CC(=O)N2c3cc(Cc4ccc(F)cc4)c(C(=O)N[C@@H]4CCOC4)nc3OC[C@@H]2C)[C@@H](CN2[C@H](C)COC[C@H]2C)CN1. The Labute approximate surface area is 270 Å². The van der Waals surface area contributed by atoms with Crippen LogP contribution in [0.5, 0.6) is 5.88 Å². The number of piperazine rings is 1. The molecule has 6 atom stereocenters. The monoisotopic (exact) mass is 638 g/mol. The average molecular weight is 639 g/mol. The Morgan fingerprint density at radius 3 is 2.50 bits per heavy atom. The molecule has 4 aliphatic rings. The number of hydrogen-bond acceptors (Lipinski definition) is 9. The second-order valence-corrected chi connectivity index (χ2v) is 13.4. The zero-order valence-electron chi connectivity index (χ0n) is 27.3. The van der Waals surface area contributed by atoms with E-state index in [-0.39, 0.29) is 66.5 Å². The van der Waals surface area contributed by atoms with Crippen LogP contribution in [-0.2, 0) is 20.7 Å². The number of carbonyl (C=O) groups is 2. The summed E-state index contributed by atoms with van der Waals surface area (Å²) in [7, 11) is 0. The summed E-state index contributed by atoms with van der Waals surface area (Å²) in [5, 5.41) is 6.65. The van der Waals surface area contributed by atoms with Crippen molar-refractivity contribution in [3.63, 3.8) is 0 Å². The van der Waals surface area contributed by atoms with Crippen LogP contribution in [0.2, 0.25) is 0 Å². The lowest BCUT2D eigenvalue weighted by Gasteiger charge is -2.46. The van der Waals surface area contributed by atoms with Crippen molar-refractivity contribution in [2.24, 2.45) is 0 Å². The molecular formula is C34H47FN6O5. The van der Waals surface area contributed by atoms with Gasteiger partial charge in [0.05, 0.1) is 38.4 Å². The summed E-state index contributed by atoms with van der Waals surface area (Å²) in [6.07, 6.45) is 1.07. The molecule has 11 nitrogen and oxygen atoms in total. The Morgan fingerprint density at radius 1 is 1.02 bits per heavy atom. The van der Waals surface area contributed by atoms with Gasteiger partial charge < -0.3 is 29.7 Å². The highest BCUT2D eigenvalue weighted by molar-refractivity contribution is 5.99. The van der Waals surface area contributed by atoms with E-state index in [0.717, 1.165) is 31.6 Å². The maximum absolute atomic E-state index is 14.3. The first-order valence-electron chi connectivity index (χ1n) is 16.6. The first-order valence-corrected chi connectivity index (χ1v) is 16.6. The van der Waals surface area contributed by atoms with Gasteiger partial charge in [0, 0.05) is 50.4 Å². The minimum atomic E-state index is -0.330. The highest BCUT2D eigenvalue weighted by Gasteiger charge is 2.37. The second kappa shape index (κ2) is 14.3. The molecule has 1 aromatic carbocycles. The third-order valence-corrected chi connectivity index (χ3v) is 9.60. The summed E-state index contributed by atoms with van der Waals surface area (Å²) in [6.45, 7) is 13.9. The van der Waals surface area contributed by atoms with Gasteiger partial charge >= 0.3 is 0 Å². The van der Waals surface area contributed by atoms with Crippen LogP contribution in [-0.4, -0.2) is 122 Å². The molecule has 4 aliphatic heterocycles. The number of nitrogens with one attached hydrogen (secondary N) is 2. The zero-order valence-corrected chi connectivity index (χ0v) is 27.3. The smallest absolute Gasteiger partial charge is 0.270 e. The number of nitrogens with zero attached hydrogens (tertiary/aromatic N) is 4. The number of anilines is 1. The molecule has 3 fully saturated rings. The number of rotatable bonds is 8. The molecule has 250 valence electrons. The lowest BCUT2D eigenvalue weighted by atomic mass is 10.0. The topological polar surface area (TPSA) is 109 Å². The minimum Gasteiger partial charge on any atom is -0.474 e. The summed E-state index contributed by atoms with van der Waals surface area (Å²) >= 11 is 0. The van der Waals surface area contributed by atoms with E-state index < -0.39 is 0 Å². The fraction of sp³-hybridized carbons (Fsp3) is 0.618. The Hall–Kier alpha value is -3.16. The van der Waals surface area contributed by atoms with Crippen LogP contribution in [0.3, 0.4) is 0 Å². The van der Waals surface area contributed by atoms with E-state index in [1.165, 1.54) is 12.1 Å². The lowest BCUT2D eigenvalue weighted by Crippen LogP contribution is -2.63. The van der Waals surface area contributed by atoms with Crippen molar-refractivity contribution in [3.05, 3.63) is 53.0 Å². The molecule has 0 aliphatic carbocycles. The van der Waals surface area contributed by atoms with Gasteiger partial charge in [-0.2, -0.15) is 0 Å². The number of fused-ring (bicyclic) bond motifs is 1. The summed E-state index contributed by atoms with van der Waals surface area (Å²) in [5.41, 5.74) is 2.26. The molecule has 0 bridgehead atoms. The van der Waals surface area contributed by atoms with E-state index in [0.29, 0.717) is 56.2 Å². The van der Waals surface area contributed by atoms with Gasteiger partial charge in [0.25, 0.3) is 5.91 Å². The van der Waals surface area contributed by atoms with Crippen molar-refractivity contribution >= 4 is 17.5 Å². The molecule has 12 heteroatoms. The van der Waals surface area contributed by atoms with E-state index >= 15 is 0 Å². The van der Waals surface area contributed by atoms with E-state index in [9.17, 15) is 14.0 Å². The van der Waals surface area contributed by atoms with Crippen molar-refractivity contribution in [2.75, 3.05) is 64.1 Å². The van der Waals surface area contributed by atoms with Crippen LogP contribution >= 0.6 is 0 Å². The Kier molecular flexibility index (Phi) is 10.2. The van der Waals surface area contributed by atoms with Gasteiger partial charge in [-0.3, -0.25) is 19.4 Å². The van der Waals surface area contributed by atoms with Gasteiger partial charge in [0.15, 0.2) is 0 Å². The first kappa shape index (κ1) is 32.8. The van der Waals surface area contributed by atoms with Gasteiger partial charge in [0.1, 0.15) is 23.8 Å². The number of benzene rings is 1. The van der Waals surface area contributed by atoms with Gasteiger partial charge in [-0.05, 0) is 69.9 Å². The number of aromatic nitrogens is 1. The fourth-order valence-corrected chi connectivity index (χ4v) is 7.05. The number of ether oxygens (including phenoxy) is 3. The standard InChI is InChI=1S/C34H47FN6O5/c1-21-14-39(29(13-36-21)15-40-22(2)17-45-18-23(40)3)16-31(42)41-24(4)19-46-34-30(41)12-26(11-25-5-7-27(35)8-6-25)32(38-34)33(43)37-28-9-10-44-20-28/h5-8,12,21-24,28-29,36H,9-11,13-20H2,1-4H3,(H,37,43)/t21-,22-,23-,24+,28-,29-/m1/s1. The van der Waals surface area contributed by atoms with Crippen LogP contribution < -0.4 is 20.3 Å². The lowest BCUT2D eigenvalue weighted by molar-refractivity contribution is -0.122. The zero-order chi connectivity index (χ0) is 32.4. The number of morpholine rings is 1. The van der Waals surface area contributed by atoms with E-state index in [4.69, 9.17) is 19.2 Å². The quantitative estimate of drug-likeness (QED) is 0.450. The Bertz CT molecular complexity index is 1380. The van der Waals surface area contributed by atoms with Crippen LogP contribution in [0, 0.1) is 5.82 Å². The number of amides is 2. The molecule has 0 unspecified atom stereocenters. The van der Waals surface area contributed by atoms with Gasteiger partial charge in [-0.25, -0.2) is 9.37 Å². The molecule has 6 rings (SSSR count). The summed E-state index contributed by atoms with van der Waals surface area (Å²) < 4.78 is 31.0. The summed E-state index contributed by atoms with van der Waals surface area (Å²) in [5.74, 6) is -0.416. The maximum Gasteiger partial charge on any atom is 0.270 e. The van der Waals surface area contributed by atoms with Crippen LogP contribution in [0.4, 0.5) is 10.1 Å². The third-order valence-electron chi connectivity index (χ3n) is 9.60. The molecule has 2 aromatic rings. The number of halogens is 1.